The van der Waals surface area contributed by atoms with Gasteiger partial charge in [-0.2, -0.15) is 0 Å². The van der Waals surface area contributed by atoms with Gasteiger partial charge in [-0.3, -0.25) is 24.2 Å². The normalized spacial score (nSPS) is 22.7. The smallest absolute Gasteiger partial charge is 0.310 e. The predicted octanol–water partition coefficient (Wildman–Crippen LogP) is -0.766. The van der Waals surface area contributed by atoms with E-state index in [1.165, 1.54) is 11.1 Å². The summed E-state index contributed by atoms with van der Waals surface area (Å²) in [5.41, 5.74) is 0.686. The van der Waals surface area contributed by atoms with Gasteiger partial charge in [-0.15, -0.1) is 0 Å². The number of carbonyl (C=O) groups excluding carboxylic acids is 4. The summed E-state index contributed by atoms with van der Waals surface area (Å²) in [7, 11) is 0. The van der Waals surface area contributed by atoms with Crippen LogP contribution >= 0.6 is 0 Å². The molecule has 4 N–H and O–H groups in total. The fraction of sp³-hybridized carbons (Fsp3) is 0.348. The number of amides is 3. The van der Waals surface area contributed by atoms with Crippen molar-refractivity contribution in [2.45, 2.75) is 31.2 Å². The molecule has 1 aromatic carbocycles. The highest BCUT2D eigenvalue weighted by molar-refractivity contribution is 6.06. The van der Waals surface area contributed by atoms with Gasteiger partial charge in [-0.25, -0.2) is 0 Å². The number of carbonyl (C=O) groups is 4. The fourth-order valence-corrected chi connectivity index (χ4v) is 3.98. The fourth-order valence-electron chi connectivity index (χ4n) is 3.98. The van der Waals surface area contributed by atoms with Crippen molar-refractivity contribution in [2.24, 2.45) is 0 Å². The van der Waals surface area contributed by atoms with E-state index in [-0.39, 0.29) is 31.7 Å². The van der Waals surface area contributed by atoms with Crippen molar-refractivity contribution in [1.29, 1.82) is 0 Å². The number of hydrogen-bond donors (Lipinski definition) is 4. The van der Waals surface area contributed by atoms with Crippen molar-refractivity contribution in [2.75, 3.05) is 19.7 Å². The number of nitrogens with one attached hydrogen (secondary N) is 2. The average Bonchev–Trinajstić information content (AvgIpc) is 3.06. The highest BCUT2D eigenvalue weighted by Crippen LogP contribution is 2.18. The lowest BCUT2D eigenvalue weighted by Crippen LogP contribution is -2.52. The van der Waals surface area contributed by atoms with Crippen LogP contribution in [0.15, 0.2) is 48.2 Å². The molecule has 2 aromatic rings. The Balaban J connectivity index is 1.48. The van der Waals surface area contributed by atoms with Gasteiger partial charge in [0.1, 0.15) is 17.8 Å². The third-order valence-corrected chi connectivity index (χ3v) is 5.71. The van der Waals surface area contributed by atoms with Gasteiger partial charge in [0.2, 0.25) is 18.1 Å². The Morgan fingerprint density at radius 3 is 2.71 bits per heavy atom. The zero-order valence-electron chi connectivity index (χ0n) is 18.1. The number of aliphatic hydroxyl groups is 2. The van der Waals surface area contributed by atoms with Crippen LogP contribution in [0.2, 0.25) is 0 Å². The number of esters is 1. The number of hydrogen-bond acceptors (Lipinski definition) is 8. The number of cyclic esters (lactones) is 1. The van der Waals surface area contributed by atoms with E-state index in [1.54, 1.807) is 24.3 Å². The summed E-state index contributed by atoms with van der Waals surface area (Å²) in [5, 5.41) is 25.9. The first kappa shape index (κ1) is 23.3. The maximum absolute atomic E-state index is 13.2. The molecule has 2 aliphatic heterocycles. The van der Waals surface area contributed by atoms with Crippen LogP contribution in [0.1, 0.15) is 23.3 Å². The number of ether oxygens (including phenoxy) is 1. The maximum Gasteiger partial charge on any atom is 0.310 e. The minimum atomic E-state index is -1.45. The molecule has 0 radical (unpaired) electrons. The van der Waals surface area contributed by atoms with Crippen LogP contribution < -0.4 is 10.6 Å². The number of aromatic nitrogens is 1. The number of rotatable bonds is 6. The van der Waals surface area contributed by atoms with Crippen LogP contribution in [0, 0.1) is 0 Å². The van der Waals surface area contributed by atoms with E-state index >= 15 is 0 Å². The monoisotopic (exact) mass is 468 g/mol. The van der Waals surface area contributed by atoms with Crippen LogP contribution in [0.4, 0.5) is 0 Å². The molecule has 0 spiro atoms. The SMILES string of the molecule is O=C(CN1CC(CO)=CCC(NC(=O)c2nccc3ccccc23)C1=O)NC1CC(=O)OC1O. The third-order valence-electron chi connectivity index (χ3n) is 5.71. The summed E-state index contributed by atoms with van der Waals surface area (Å²) < 4.78 is 4.60. The van der Waals surface area contributed by atoms with Crippen molar-refractivity contribution >= 4 is 34.5 Å². The molecule has 0 bridgehead atoms. The van der Waals surface area contributed by atoms with Gasteiger partial charge >= 0.3 is 5.97 Å². The second kappa shape index (κ2) is 9.98. The Hall–Kier alpha value is -3.83. The third kappa shape index (κ3) is 5.05. The quantitative estimate of drug-likeness (QED) is 0.318. The summed E-state index contributed by atoms with van der Waals surface area (Å²) in [4.78, 5) is 55.4. The molecular formula is C23H24N4O7. The minimum absolute atomic E-state index is 0.00963. The lowest BCUT2D eigenvalue weighted by molar-refractivity contribution is -0.155. The molecule has 1 saturated heterocycles. The summed E-state index contributed by atoms with van der Waals surface area (Å²) in [6.45, 7) is -0.725. The van der Waals surface area contributed by atoms with Crippen molar-refractivity contribution in [3.05, 3.63) is 53.9 Å². The van der Waals surface area contributed by atoms with Gasteiger partial charge in [0.05, 0.1) is 19.6 Å². The first-order valence-corrected chi connectivity index (χ1v) is 10.7. The Bertz CT molecular complexity index is 1160. The van der Waals surface area contributed by atoms with E-state index in [4.69, 9.17) is 0 Å². The van der Waals surface area contributed by atoms with E-state index in [9.17, 15) is 29.4 Å². The van der Waals surface area contributed by atoms with Crippen molar-refractivity contribution < 1.29 is 34.1 Å². The Morgan fingerprint density at radius 2 is 1.97 bits per heavy atom. The van der Waals surface area contributed by atoms with E-state index < -0.39 is 48.6 Å². The van der Waals surface area contributed by atoms with E-state index in [0.29, 0.717) is 11.0 Å². The number of benzene rings is 1. The highest BCUT2D eigenvalue weighted by atomic mass is 16.6. The van der Waals surface area contributed by atoms with Crippen LogP contribution in [-0.2, 0) is 19.1 Å². The molecular weight excluding hydrogens is 444 g/mol. The highest BCUT2D eigenvalue weighted by Gasteiger charge is 2.36. The van der Waals surface area contributed by atoms with Gasteiger partial charge in [0.25, 0.3) is 5.91 Å². The van der Waals surface area contributed by atoms with Crippen molar-refractivity contribution in [3.8, 4) is 0 Å². The van der Waals surface area contributed by atoms with Crippen LogP contribution in [-0.4, -0.2) is 81.9 Å². The number of aliphatic hydroxyl groups excluding tert-OH is 2. The van der Waals surface area contributed by atoms with E-state index in [2.05, 4.69) is 20.4 Å². The van der Waals surface area contributed by atoms with Gasteiger partial charge in [0.15, 0.2) is 0 Å². The number of pyridine rings is 1. The first-order valence-electron chi connectivity index (χ1n) is 10.7. The Morgan fingerprint density at radius 1 is 1.18 bits per heavy atom. The lowest BCUT2D eigenvalue weighted by Gasteiger charge is -2.26. The van der Waals surface area contributed by atoms with Crippen LogP contribution in [0.25, 0.3) is 10.8 Å². The molecule has 178 valence electrons. The van der Waals surface area contributed by atoms with Crippen LogP contribution in [0.3, 0.4) is 0 Å². The molecule has 3 unspecified atom stereocenters. The second-order valence-corrected chi connectivity index (χ2v) is 8.12. The van der Waals surface area contributed by atoms with E-state index in [1.807, 2.05) is 12.1 Å². The number of nitrogens with zero attached hydrogens (tertiary/aromatic N) is 2. The first-order chi connectivity index (χ1) is 16.4. The summed E-state index contributed by atoms with van der Waals surface area (Å²) in [6, 6.07) is 7.12. The standard InChI is InChI=1S/C23H24N4O7/c28-12-13-5-6-16(26-21(31)20-15-4-2-1-3-14(15)7-8-24-20)22(32)27(10-13)11-18(29)25-17-9-19(30)34-23(17)33/h1-5,7-8,16-17,23,28,33H,6,9-12H2,(H,25,29)(H,26,31). The molecule has 1 fully saturated rings. The molecule has 0 saturated carbocycles. The zero-order valence-corrected chi connectivity index (χ0v) is 18.1. The molecule has 2 aliphatic rings. The Labute approximate surface area is 194 Å². The molecule has 0 aliphatic carbocycles. The molecule has 1 aromatic heterocycles. The molecule has 34 heavy (non-hydrogen) atoms. The minimum Gasteiger partial charge on any atom is -0.434 e. The number of fused-ring (bicyclic) bond motifs is 1. The van der Waals surface area contributed by atoms with E-state index in [0.717, 1.165) is 5.39 Å². The van der Waals surface area contributed by atoms with Crippen molar-refractivity contribution in [3.63, 3.8) is 0 Å². The maximum atomic E-state index is 13.2. The molecule has 3 amide bonds. The lowest BCUT2D eigenvalue weighted by atomic mass is 10.1. The molecule has 3 heterocycles. The summed E-state index contributed by atoms with van der Waals surface area (Å²) >= 11 is 0. The van der Waals surface area contributed by atoms with Crippen molar-refractivity contribution in [1.82, 2.24) is 20.5 Å². The van der Waals surface area contributed by atoms with Gasteiger partial charge in [-0.05, 0) is 23.4 Å². The predicted molar refractivity (Wildman–Crippen MR) is 118 cm³/mol. The van der Waals surface area contributed by atoms with Gasteiger partial charge < -0.3 is 30.5 Å². The summed E-state index contributed by atoms with van der Waals surface area (Å²) in [5.74, 6) is -2.30. The largest absolute Gasteiger partial charge is 0.434 e. The average molecular weight is 468 g/mol. The zero-order chi connectivity index (χ0) is 24.2. The van der Waals surface area contributed by atoms with Gasteiger partial charge in [-0.1, -0.05) is 30.3 Å². The van der Waals surface area contributed by atoms with Crippen LogP contribution in [0.5, 0.6) is 0 Å². The topological polar surface area (TPSA) is 158 Å². The Kier molecular flexibility index (Phi) is 6.85. The molecule has 11 heteroatoms. The second-order valence-electron chi connectivity index (χ2n) is 8.12. The summed E-state index contributed by atoms with van der Waals surface area (Å²) in [6.07, 6.45) is 1.67. The molecule has 3 atom stereocenters. The molecule has 11 nitrogen and oxygen atoms in total. The molecule has 4 rings (SSSR count). The van der Waals surface area contributed by atoms with Gasteiger partial charge in [0, 0.05) is 18.1 Å².